The predicted molar refractivity (Wildman–Crippen MR) is 114 cm³/mol. The van der Waals surface area contributed by atoms with Crippen LogP contribution in [0.5, 0.6) is 0 Å². The van der Waals surface area contributed by atoms with Crippen LogP contribution in [0.25, 0.3) is 22.2 Å². The molecule has 1 aliphatic heterocycles. The molecule has 5 rings (SSSR count). The van der Waals surface area contributed by atoms with Crippen LogP contribution in [0, 0.1) is 5.41 Å². The Kier molecular flexibility index (Phi) is 4.02. The first-order chi connectivity index (χ1) is 13.4. The Morgan fingerprint density at radius 3 is 2.61 bits per heavy atom. The molecule has 1 saturated carbocycles. The Bertz CT molecular complexity index is 1070. The minimum Gasteiger partial charge on any atom is -0.388 e. The third-order valence-electron chi connectivity index (χ3n) is 6.30. The summed E-state index contributed by atoms with van der Waals surface area (Å²) < 4.78 is 0. The zero-order valence-electron chi connectivity index (χ0n) is 16.3. The molecule has 3 aromatic rings. The molecule has 2 aromatic carbocycles. The number of nitrogens with zero attached hydrogens (tertiary/aromatic N) is 2. The molecule has 0 saturated heterocycles. The van der Waals surface area contributed by atoms with Gasteiger partial charge in [-0.25, -0.2) is 4.98 Å². The number of hydrogen-bond donors (Lipinski definition) is 1. The van der Waals surface area contributed by atoms with Gasteiger partial charge in [-0.05, 0) is 54.9 Å². The second-order valence-electron chi connectivity index (χ2n) is 8.95. The van der Waals surface area contributed by atoms with E-state index in [4.69, 9.17) is 21.4 Å². The van der Waals surface area contributed by atoms with E-state index in [0.29, 0.717) is 5.41 Å². The number of fused-ring (bicyclic) bond motifs is 1. The molecule has 0 radical (unpaired) electrons. The zero-order chi connectivity index (χ0) is 19.4. The van der Waals surface area contributed by atoms with Crippen molar-refractivity contribution in [3.8, 4) is 11.1 Å². The summed E-state index contributed by atoms with van der Waals surface area (Å²) in [6.07, 6.45) is 5.31. The second kappa shape index (κ2) is 6.35. The van der Waals surface area contributed by atoms with E-state index in [9.17, 15) is 0 Å². The number of H-pyrrole nitrogens is 1. The van der Waals surface area contributed by atoms with Gasteiger partial charge in [0, 0.05) is 17.0 Å². The number of benzene rings is 2. The van der Waals surface area contributed by atoms with E-state index in [1.807, 2.05) is 24.3 Å². The van der Waals surface area contributed by atoms with E-state index in [2.05, 4.69) is 42.2 Å². The molecule has 0 unspecified atom stereocenters. The zero-order valence-corrected chi connectivity index (χ0v) is 17.0. The standard InChI is InChI=1S/C23H24ClN3O/c1-22(2)9-11-23(12-10-22)14-20(27-28-23)21-25-18-8-7-15(13-19(18)26-21)16-5-3-4-6-17(16)24/h3-8,13H,9-12,14H2,1-2H3,(H,25,26). The third-order valence-corrected chi connectivity index (χ3v) is 6.62. The van der Waals surface area contributed by atoms with Gasteiger partial charge in [-0.2, -0.15) is 0 Å². The highest BCUT2D eigenvalue weighted by molar-refractivity contribution is 6.33. The first-order valence-electron chi connectivity index (χ1n) is 9.93. The van der Waals surface area contributed by atoms with Crippen LogP contribution < -0.4 is 0 Å². The molecule has 2 heterocycles. The molecule has 28 heavy (non-hydrogen) atoms. The van der Waals surface area contributed by atoms with E-state index >= 15 is 0 Å². The number of rotatable bonds is 2. The highest BCUT2D eigenvalue weighted by Gasteiger charge is 2.45. The number of hydrogen-bond acceptors (Lipinski definition) is 3. The number of aromatic nitrogens is 2. The van der Waals surface area contributed by atoms with Crippen LogP contribution in [0.2, 0.25) is 5.02 Å². The molecular weight excluding hydrogens is 370 g/mol. The molecule has 144 valence electrons. The van der Waals surface area contributed by atoms with Gasteiger partial charge < -0.3 is 9.82 Å². The lowest BCUT2D eigenvalue weighted by Crippen LogP contribution is -2.37. The monoisotopic (exact) mass is 393 g/mol. The average Bonchev–Trinajstić information content (AvgIpc) is 3.29. The van der Waals surface area contributed by atoms with Gasteiger partial charge in [0.05, 0.1) is 11.0 Å². The van der Waals surface area contributed by atoms with Crippen molar-refractivity contribution < 1.29 is 4.84 Å². The van der Waals surface area contributed by atoms with Crippen molar-refractivity contribution in [2.45, 2.75) is 51.6 Å². The van der Waals surface area contributed by atoms with Gasteiger partial charge in [-0.1, -0.05) is 54.9 Å². The first-order valence-corrected chi connectivity index (χ1v) is 10.3. The normalized spacial score (nSPS) is 20.3. The van der Waals surface area contributed by atoms with Crippen molar-refractivity contribution in [2.75, 3.05) is 0 Å². The lowest BCUT2D eigenvalue weighted by Gasteiger charge is -2.39. The molecule has 4 nitrogen and oxygen atoms in total. The summed E-state index contributed by atoms with van der Waals surface area (Å²) in [5, 5.41) is 5.17. The van der Waals surface area contributed by atoms with Crippen LogP contribution in [-0.4, -0.2) is 21.3 Å². The van der Waals surface area contributed by atoms with E-state index in [1.54, 1.807) is 0 Å². The Balaban J connectivity index is 1.41. The highest BCUT2D eigenvalue weighted by atomic mass is 35.5. The second-order valence-corrected chi connectivity index (χ2v) is 9.36. The molecular formula is C23H24ClN3O. The third kappa shape index (κ3) is 3.10. The lowest BCUT2D eigenvalue weighted by molar-refractivity contribution is -0.0653. The van der Waals surface area contributed by atoms with Crippen molar-refractivity contribution in [1.29, 1.82) is 0 Å². The molecule has 5 heteroatoms. The highest BCUT2D eigenvalue weighted by Crippen LogP contribution is 2.46. The van der Waals surface area contributed by atoms with Gasteiger partial charge in [0.15, 0.2) is 5.82 Å². The van der Waals surface area contributed by atoms with Gasteiger partial charge >= 0.3 is 0 Å². The molecule has 1 N–H and O–H groups in total. The van der Waals surface area contributed by atoms with Gasteiger partial charge in [-0.3, -0.25) is 0 Å². The van der Waals surface area contributed by atoms with Crippen LogP contribution in [0.1, 0.15) is 51.8 Å². The Hall–Kier alpha value is -2.33. The maximum Gasteiger partial charge on any atom is 0.156 e. The van der Waals surface area contributed by atoms with Crippen molar-refractivity contribution in [2.24, 2.45) is 10.6 Å². The van der Waals surface area contributed by atoms with E-state index in [-0.39, 0.29) is 5.60 Å². The number of halogens is 1. The van der Waals surface area contributed by atoms with Gasteiger partial charge in [0.1, 0.15) is 11.3 Å². The van der Waals surface area contributed by atoms with Crippen LogP contribution >= 0.6 is 11.6 Å². The van der Waals surface area contributed by atoms with Crippen LogP contribution in [0.15, 0.2) is 47.6 Å². The minimum atomic E-state index is -0.132. The molecule has 0 atom stereocenters. The lowest BCUT2D eigenvalue weighted by atomic mass is 9.69. The molecule has 1 fully saturated rings. The van der Waals surface area contributed by atoms with Crippen molar-refractivity contribution in [3.63, 3.8) is 0 Å². The van der Waals surface area contributed by atoms with Gasteiger partial charge in [0.2, 0.25) is 0 Å². The average molecular weight is 394 g/mol. The fourth-order valence-corrected chi connectivity index (χ4v) is 4.55. The fourth-order valence-electron chi connectivity index (χ4n) is 4.30. The quantitative estimate of drug-likeness (QED) is 0.551. The Morgan fingerprint density at radius 2 is 1.82 bits per heavy atom. The summed E-state index contributed by atoms with van der Waals surface area (Å²) in [5.41, 5.74) is 5.20. The van der Waals surface area contributed by atoms with Crippen LogP contribution in [0.4, 0.5) is 0 Å². The topological polar surface area (TPSA) is 50.3 Å². The molecule has 1 aliphatic carbocycles. The van der Waals surface area contributed by atoms with Crippen molar-refractivity contribution in [3.05, 3.63) is 53.3 Å². The molecule has 0 amide bonds. The van der Waals surface area contributed by atoms with E-state index in [0.717, 1.165) is 58.0 Å². The maximum absolute atomic E-state index is 6.36. The fraction of sp³-hybridized carbons (Fsp3) is 0.391. The number of oxime groups is 1. The summed E-state index contributed by atoms with van der Waals surface area (Å²) in [6, 6.07) is 14.1. The first kappa shape index (κ1) is 17.7. The number of nitrogens with one attached hydrogen (secondary N) is 1. The van der Waals surface area contributed by atoms with Crippen molar-refractivity contribution >= 4 is 28.3 Å². The Labute approximate surface area is 170 Å². The minimum absolute atomic E-state index is 0.132. The summed E-state index contributed by atoms with van der Waals surface area (Å²) in [6.45, 7) is 4.68. The van der Waals surface area contributed by atoms with E-state index < -0.39 is 0 Å². The van der Waals surface area contributed by atoms with Crippen LogP contribution in [0.3, 0.4) is 0 Å². The van der Waals surface area contributed by atoms with E-state index in [1.165, 1.54) is 12.8 Å². The van der Waals surface area contributed by atoms with Gasteiger partial charge in [0.25, 0.3) is 0 Å². The smallest absolute Gasteiger partial charge is 0.156 e. The molecule has 2 aliphatic rings. The van der Waals surface area contributed by atoms with Crippen molar-refractivity contribution in [1.82, 2.24) is 9.97 Å². The maximum atomic E-state index is 6.36. The largest absolute Gasteiger partial charge is 0.388 e. The summed E-state index contributed by atoms with van der Waals surface area (Å²) in [7, 11) is 0. The SMILES string of the molecule is CC1(C)CCC2(CC1)CC(c1nc3cc(-c4ccccc4Cl)ccc3[nH]1)=NO2. The summed E-state index contributed by atoms with van der Waals surface area (Å²) in [5.74, 6) is 0.813. The molecule has 1 spiro atoms. The predicted octanol–water partition coefficient (Wildman–Crippen LogP) is 6.35. The van der Waals surface area contributed by atoms with Crippen LogP contribution in [-0.2, 0) is 4.84 Å². The molecule has 0 bridgehead atoms. The Morgan fingerprint density at radius 1 is 1.04 bits per heavy atom. The molecule has 1 aromatic heterocycles. The number of aromatic amines is 1. The number of imidazole rings is 1. The summed E-state index contributed by atoms with van der Waals surface area (Å²) >= 11 is 6.36. The van der Waals surface area contributed by atoms with Gasteiger partial charge in [-0.15, -0.1) is 0 Å². The summed E-state index contributed by atoms with van der Waals surface area (Å²) in [4.78, 5) is 14.2.